The van der Waals surface area contributed by atoms with Gasteiger partial charge in [-0.25, -0.2) is 4.98 Å². The summed E-state index contributed by atoms with van der Waals surface area (Å²) in [4.78, 5) is 17.3. The normalized spacial score (nSPS) is 11.5. The maximum atomic E-state index is 12.7. The van der Waals surface area contributed by atoms with E-state index < -0.39 is 0 Å². The van der Waals surface area contributed by atoms with Crippen LogP contribution in [0.25, 0.3) is 43.6 Å². The molecule has 6 aromatic rings. The number of hydrogen-bond acceptors (Lipinski definition) is 2. The molecule has 6 rings (SSSR count). The zero-order valence-electron chi connectivity index (χ0n) is 16.8. The molecule has 0 aliphatic rings. The highest BCUT2D eigenvalue weighted by Gasteiger charge is 2.16. The van der Waals surface area contributed by atoms with Crippen LogP contribution in [0.1, 0.15) is 10.4 Å². The second-order valence-electron chi connectivity index (χ2n) is 7.87. The molecule has 0 unspecified atom stereocenters. The Labute approximate surface area is 179 Å². The third-order valence-electron chi connectivity index (χ3n) is 5.99. The van der Waals surface area contributed by atoms with Gasteiger partial charge >= 0.3 is 0 Å². The summed E-state index contributed by atoms with van der Waals surface area (Å²) in [7, 11) is 0. The molecule has 5 aromatic carbocycles. The van der Waals surface area contributed by atoms with Crippen molar-refractivity contribution >= 4 is 38.1 Å². The molecule has 0 spiro atoms. The minimum absolute atomic E-state index is 0.0816. The lowest BCUT2D eigenvalue weighted by Crippen LogP contribution is -2.37. The zero-order valence-corrected chi connectivity index (χ0v) is 16.8. The van der Waals surface area contributed by atoms with Crippen LogP contribution in [0.3, 0.4) is 0 Å². The lowest BCUT2D eigenvalue weighted by Gasteiger charge is -2.13. The molecule has 1 heterocycles. The van der Waals surface area contributed by atoms with Gasteiger partial charge in [-0.15, -0.1) is 0 Å². The number of rotatable bonds is 4. The highest BCUT2D eigenvalue weighted by molar-refractivity contribution is 6.25. The van der Waals surface area contributed by atoms with Gasteiger partial charge in [0.05, 0.1) is 6.20 Å². The van der Waals surface area contributed by atoms with E-state index in [2.05, 4.69) is 59.6 Å². The SMILES string of the molecule is O=C(C[n+]1ccnc(-c2ccc3ccc4cccc5ccc2c3c45)c1)c1ccccc1. The molecule has 0 aliphatic carbocycles. The van der Waals surface area contributed by atoms with Crippen LogP contribution >= 0.6 is 0 Å². The smallest absolute Gasteiger partial charge is 0.227 e. The molecular formula is C28H19N2O+. The summed E-state index contributed by atoms with van der Waals surface area (Å²) >= 11 is 0. The largest absolute Gasteiger partial charge is 0.287 e. The Kier molecular flexibility index (Phi) is 4.00. The summed E-state index contributed by atoms with van der Waals surface area (Å²) in [5.41, 5.74) is 2.66. The summed E-state index contributed by atoms with van der Waals surface area (Å²) in [6.07, 6.45) is 5.58. The van der Waals surface area contributed by atoms with E-state index in [-0.39, 0.29) is 12.3 Å². The van der Waals surface area contributed by atoms with Gasteiger partial charge in [0.15, 0.2) is 12.4 Å². The molecule has 31 heavy (non-hydrogen) atoms. The molecule has 1 aromatic heterocycles. The van der Waals surface area contributed by atoms with Crippen molar-refractivity contribution in [1.29, 1.82) is 0 Å². The van der Waals surface area contributed by atoms with Crippen LogP contribution in [0.2, 0.25) is 0 Å². The van der Waals surface area contributed by atoms with Gasteiger partial charge in [0, 0.05) is 11.1 Å². The Hall–Kier alpha value is -4.11. The van der Waals surface area contributed by atoms with Crippen LogP contribution in [-0.2, 0) is 6.54 Å². The number of hydrogen-bond donors (Lipinski definition) is 0. The van der Waals surface area contributed by atoms with Crippen LogP contribution in [0.4, 0.5) is 0 Å². The fourth-order valence-corrected chi connectivity index (χ4v) is 4.51. The number of benzene rings is 5. The third-order valence-corrected chi connectivity index (χ3v) is 5.99. The molecule has 146 valence electrons. The number of Topliss-reactive ketones (excluding diaryl/α,β-unsaturated/α-hetero) is 1. The van der Waals surface area contributed by atoms with Crippen LogP contribution in [0, 0.1) is 0 Å². The van der Waals surface area contributed by atoms with Gasteiger partial charge in [0.2, 0.25) is 12.3 Å². The van der Waals surface area contributed by atoms with Crippen molar-refractivity contribution in [2.75, 3.05) is 0 Å². The van der Waals surface area contributed by atoms with Gasteiger partial charge in [-0.1, -0.05) is 84.9 Å². The van der Waals surface area contributed by atoms with Crippen molar-refractivity contribution in [2.24, 2.45) is 0 Å². The summed E-state index contributed by atoms with van der Waals surface area (Å²) < 4.78 is 1.91. The molecule has 3 nitrogen and oxygen atoms in total. The van der Waals surface area contributed by atoms with E-state index in [0.29, 0.717) is 0 Å². The van der Waals surface area contributed by atoms with Crippen molar-refractivity contribution in [1.82, 2.24) is 4.98 Å². The quantitative estimate of drug-likeness (QED) is 0.213. The predicted octanol–water partition coefficient (Wildman–Crippen LogP) is 5.82. The molecule has 3 heteroatoms. The summed E-state index contributed by atoms with van der Waals surface area (Å²) in [5.74, 6) is 0.0816. The highest BCUT2D eigenvalue weighted by atomic mass is 16.1. The van der Waals surface area contributed by atoms with Gasteiger partial charge in [0.25, 0.3) is 0 Å². The van der Waals surface area contributed by atoms with E-state index in [1.54, 1.807) is 6.20 Å². The molecule has 0 amide bonds. The molecule has 0 saturated carbocycles. The highest BCUT2D eigenvalue weighted by Crippen LogP contribution is 2.38. The zero-order chi connectivity index (χ0) is 20.8. The predicted molar refractivity (Wildman–Crippen MR) is 124 cm³/mol. The van der Waals surface area contributed by atoms with Crippen molar-refractivity contribution in [3.05, 3.63) is 109 Å². The van der Waals surface area contributed by atoms with Gasteiger partial charge in [0.1, 0.15) is 5.69 Å². The van der Waals surface area contributed by atoms with Crippen molar-refractivity contribution < 1.29 is 9.36 Å². The first-order valence-corrected chi connectivity index (χ1v) is 10.4. The number of ketones is 1. The average Bonchev–Trinajstić information content (AvgIpc) is 2.83. The van der Waals surface area contributed by atoms with E-state index in [9.17, 15) is 4.79 Å². The lowest BCUT2D eigenvalue weighted by atomic mass is 9.91. The topological polar surface area (TPSA) is 33.8 Å². The van der Waals surface area contributed by atoms with E-state index in [0.717, 1.165) is 16.8 Å². The Morgan fingerprint density at radius 1 is 0.742 bits per heavy atom. The van der Waals surface area contributed by atoms with Gasteiger partial charge < -0.3 is 0 Å². The Morgan fingerprint density at radius 2 is 1.45 bits per heavy atom. The molecule has 0 fully saturated rings. The average molecular weight is 399 g/mol. The fraction of sp³-hybridized carbons (Fsp3) is 0.0357. The van der Waals surface area contributed by atoms with Crippen LogP contribution < -0.4 is 4.57 Å². The van der Waals surface area contributed by atoms with E-state index >= 15 is 0 Å². The van der Waals surface area contributed by atoms with Gasteiger partial charge in [-0.2, -0.15) is 4.57 Å². The monoisotopic (exact) mass is 399 g/mol. The van der Waals surface area contributed by atoms with Crippen LogP contribution in [-0.4, -0.2) is 10.8 Å². The first kappa shape index (κ1) is 17.7. The molecule has 0 aliphatic heterocycles. The molecular weight excluding hydrogens is 380 g/mol. The van der Waals surface area contributed by atoms with Gasteiger partial charge in [-0.05, 0) is 32.3 Å². The number of aromatic nitrogens is 2. The maximum absolute atomic E-state index is 12.7. The standard InChI is InChI=1S/C28H19N2O/c31-26(19-5-2-1-3-6-19)18-30-16-15-29-25(17-30)23-13-11-22-10-9-20-7-4-8-21-12-14-24(23)28(22)27(20)21/h1-17H,18H2/q+1. The van der Waals surface area contributed by atoms with Gasteiger partial charge in [-0.3, -0.25) is 4.79 Å². The first-order chi connectivity index (χ1) is 15.3. The minimum Gasteiger partial charge on any atom is -0.287 e. The van der Waals surface area contributed by atoms with E-state index in [4.69, 9.17) is 0 Å². The number of carbonyl (C=O) groups is 1. The summed E-state index contributed by atoms with van der Waals surface area (Å²) in [5, 5.41) is 7.47. The molecule has 0 bridgehead atoms. The van der Waals surface area contributed by atoms with E-state index in [1.165, 1.54) is 32.3 Å². The fourth-order valence-electron chi connectivity index (χ4n) is 4.51. The Morgan fingerprint density at radius 3 is 2.26 bits per heavy atom. The van der Waals surface area contributed by atoms with Crippen LogP contribution in [0.15, 0.2) is 104 Å². The molecule has 0 atom stereocenters. The molecule has 0 saturated heterocycles. The summed E-state index contributed by atoms with van der Waals surface area (Å²) in [6.45, 7) is 0.283. The van der Waals surface area contributed by atoms with Crippen molar-refractivity contribution in [2.45, 2.75) is 6.54 Å². The van der Waals surface area contributed by atoms with Crippen LogP contribution in [0.5, 0.6) is 0 Å². The molecule has 0 radical (unpaired) electrons. The maximum Gasteiger partial charge on any atom is 0.227 e. The second kappa shape index (κ2) is 6.99. The number of nitrogens with zero attached hydrogens (tertiary/aromatic N) is 2. The summed E-state index contributed by atoms with van der Waals surface area (Å²) in [6, 6.07) is 28.9. The third kappa shape index (κ3) is 2.94. The second-order valence-corrected chi connectivity index (χ2v) is 7.87. The number of carbonyl (C=O) groups excluding carboxylic acids is 1. The Balaban J connectivity index is 1.48. The van der Waals surface area contributed by atoms with Crippen molar-refractivity contribution in [3.8, 4) is 11.3 Å². The minimum atomic E-state index is 0.0816. The van der Waals surface area contributed by atoms with E-state index in [1.807, 2.05) is 47.3 Å². The molecule has 0 N–H and O–H groups in total. The van der Waals surface area contributed by atoms with Crippen molar-refractivity contribution in [3.63, 3.8) is 0 Å². The first-order valence-electron chi connectivity index (χ1n) is 10.4. The lowest BCUT2D eigenvalue weighted by molar-refractivity contribution is -0.683. The Bertz CT molecular complexity index is 1560.